The van der Waals surface area contributed by atoms with Crippen LogP contribution in [0.25, 0.3) is 28.2 Å². The van der Waals surface area contributed by atoms with Gasteiger partial charge in [-0.15, -0.1) is 0 Å². The van der Waals surface area contributed by atoms with Crippen LogP contribution in [0.1, 0.15) is 31.2 Å². The van der Waals surface area contributed by atoms with E-state index in [2.05, 4.69) is 4.99 Å². The molecule has 1 aliphatic heterocycles. The Morgan fingerprint density at radius 1 is 1.14 bits per heavy atom. The summed E-state index contributed by atoms with van der Waals surface area (Å²) < 4.78 is 18.7. The molecule has 216 valence electrons. The molecule has 0 unspecified atom stereocenters. The number of aromatic nitrogens is 1. The van der Waals surface area contributed by atoms with Crippen molar-refractivity contribution in [2.75, 3.05) is 13.7 Å². The van der Waals surface area contributed by atoms with Crippen molar-refractivity contribution in [2.45, 2.75) is 19.9 Å². The monoisotopic (exact) mass is 595 g/mol. The third-order valence-electron chi connectivity index (χ3n) is 7.19. The number of hydrogen-bond donors (Lipinski definition) is 0. The molecule has 43 heavy (non-hydrogen) atoms. The standard InChI is InChI=1S/C32H25N3O7S/c1-4-41-31(37)28-18(2)33-32-34(29(28)23-11-7-9-19-8-5-6-10-22(19)23)30(36)27(43-32)17-21-13-15-26(42-21)24-16-20(35(38)39)12-14-25(24)40-3/h5-17,29H,4H2,1-3H3/b27-17+/t29-/m1/s1. The van der Waals surface area contributed by atoms with Crippen LogP contribution in [0.5, 0.6) is 5.75 Å². The molecule has 0 N–H and O–H groups in total. The topological polar surface area (TPSA) is 126 Å². The zero-order chi connectivity index (χ0) is 30.2. The van der Waals surface area contributed by atoms with Gasteiger partial charge in [0.2, 0.25) is 0 Å². The number of allylic oxidation sites excluding steroid dienone is 1. The number of rotatable bonds is 7. The molecule has 0 bridgehead atoms. The SMILES string of the molecule is CCOC(=O)C1=C(C)N=c2s/c(=C/c3ccc(-c4cc([N+](=O)[O-])ccc4OC)o3)c(=O)n2[C@@H]1c1cccc2ccccc12. The van der Waals surface area contributed by atoms with Crippen molar-refractivity contribution < 1.29 is 23.6 Å². The lowest BCUT2D eigenvalue weighted by atomic mass is 9.91. The Hall–Kier alpha value is -5.29. The van der Waals surface area contributed by atoms with Crippen LogP contribution < -0.4 is 19.6 Å². The third kappa shape index (κ3) is 4.93. The maximum Gasteiger partial charge on any atom is 0.338 e. The molecule has 1 aliphatic rings. The second-order valence-corrected chi connectivity index (χ2v) is 10.7. The van der Waals surface area contributed by atoms with E-state index in [1.807, 2.05) is 42.5 Å². The average molecular weight is 596 g/mol. The number of nitrogens with zero attached hydrogens (tertiary/aromatic N) is 3. The molecule has 0 spiro atoms. The van der Waals surface area contributed by atoms with Gasteiger partial charge < -0.3 is 13.9 Å². The van der Waals surface area contributed by atoms with E-state index in [4.69, 9.17) is 13.9 Å². The minimum absolute atomic E-state index is 0.108. The number of hydrogen-bond acceptors (Lipinski definition) is 9. The van der Waals surface area contributed by atoms with Gasteiger partial charge in [0.05, 0.1) is 46.0 Å². The zero-order valence-corrected chi connectivity index (χ0v) is 24.2. The highest BCUT2D eigenvalue weighted by atomic mass is 32.1. The number of methoxy groups -OCH3 is 1. The minimum Gasteiger partial charge on any atom is -0.496 e. The summed E-state index contributed by atoms with van der Waals surface area (Å²) in [6.45, 7) is 3.65. The summed E-state index contributed by atoms with van der Waals surface area (Å²) in [4.78, 5) is 43.2. The Morgan fingerprint density at radius 3 is 2.70 bits per heavy atom. The van der Waals surface area contributed by atoms with Crippen molar-refractivity contribution in [1.29, 1.82) is 0 Å². The Bertz CT molecular complexity index is 2130. The lowest BCUT2D eigenvalue weighted by Crippen LogP contribution is -2.40. The molecule has 0 radical (unpaired) electrons. The van der Waals surface area contributed by atoms with Crippen LogP contribution in [0.15, 0.2) is 98.3 Å². The van der Waals surface area contributed by atoms with Gasteiger partial charge in [-0.1, -0.05) is 53.8 Å². The van der Waals surface area contributed by atoms with E-state index >= 15 is 0 Å². The summed E-state index contributed by atoms with van der Waals surface area (Å²) in [7, 11) is 1.47. The number of nitro groups is 1. The first kappa shape index (κ1) is 27.9. The Kier molecular flexibility index (Phi) is 7.24. The van der Waals surface area contributed by atoms with Crippen molar-refractivity contribution in [1.82, 2.24) is 4.57 Å². The van der Waals surface area contributed by atoms with E-state index in [0.717, 1.165) is 16.3 Å². The number of esters is 1. The molecule has 10 nitrogen and oxygen atoms in total. The van der Waals surface area contributed by atoms with Crippen molar-refractivity contribution in [3.05, 3.63) is 125 Å². The Labute approximate surface area is 248 Å². The second-order valence-electron chi connectivity index (χ2n) is 9.71. The van der Waals surface area contributed by atoms with Gasteiger partial charge in [-0.25, -0.2) is 9.79 Å². The molecule has 3 heterocycles. The molecule has 0 amide bonds. The first-order valence-corrected chi connectivity index (χ1v) is 14.2. The number of carbonyl (C=O) groups is 1. The number of ether oxygens (including phenoxy) is 2. The number of furan rings is 1. The molecule has 2 aromatic heterocycles. The highest BCUT2D eigenvalue weighted by Gasteiger charge is 2.34. The first-order valence-electron chi connectivity index (χ1n) is 13.4. The molecule has 5 aromatic rings. The molecular formula is C32H25N3O7S. The fraction of sp³-hybridized carbons (Fsp3) is 0.156. The van der Waals surface area contributed by atoms with Crippen LogP contribution in [-0.2, 0) is 9.53 Å². The summed E-state index contributed by atoms with van der Waals surface area (Å²) in [5.41, 5.74) is 1.51. The number of benzene rings is 3. The first-order chi connectivity index (χ1) is 20.8. The van der Waals surface area contributed by atoms with Crippen molar-refractivity contribution in [3.63, 3.8) is 0 Å². The summed E-state index contributed by atoms with van der Waals surface area (Å²) in [5.74, 6) is 0.575. The van der Waals surface area contributed by atoms with Gasteiger partial charge in [-0.2, -0.15) is 0 Å². The maximum absolute atomic E-state index is 14.0. The Morgan fingerprint density at radius 2 is 1.93 bits per heavy atom. The molecular weight excluding hydrogens is 570 g/mol. The van der Waals surface area contributed by atoms with Gasteiger partial charge in [-0.05, 0) is 48.4 Å². The van der Waals surface area contributed by atoms with Crippen molar-refractivity contribution >= 4 is 39.8 Å². The van der Waals surface area contributed by atoms with Crippen LogP contribution in [0.2, 0.25) is 0 Å². The highest BCUT2D eigenvalue weighted by molar-refractivity contribution is 7.07. The van der Waals surface area contributed by atoms with Gasteiger partial charge in [0.1, 0.15) is 17.3 Å². The highest BCUT2D eigenvalue weighted by Crippen LogP contribution is 2.36. The predicted octanol–water partition coefficient (Wildman–Crippen LogP) is 5.13. The van der Waals surface area contributed by atoms with Crippen molar-refractivity contribution in [3.8, 4) is 17.1 Å². The normalized spacial score (nSPS) is 14.9. The molecule has 0 fully saturated rings. The van der Waals surface area contributed by atoms with E-state index < -0.39 is 16.9 Å². The average Bonchev–Trinajstić information content (AvgIpc) is 3.59. The largest absolute Gasteiger partial charge is 0.496 e. The van der Waals surface area contributed by atoms with Crippen LogP contribution in [0.4, 0.5) is 5.69 Å². The molecule has 0 saturated carbocycles. The molecule has 11 heteroatoms. The summed E-state index contributed by atoms with van der Waals surface area (Å²) >= 11 is 1.18. The van der Waals surface area contributed by atoms with E-state index in [0.29, 0.717) is 43.4 Å². The van der Waals surface area contributed by atoms with E-state index in [1.54, 1.807) is 32.1 Å². The smallest absolute Gasteiger partial charge is 0.338 e. The quantitative estimate of drug-likeness (QED) is 0.145. The summed E-state index contributed by atoms with van der Waals surface area (Å²) in [6.07, 6.45) is 1.60. The number of nitro benzene ring substituents is 1. The lowest BCUT2D eigenvalue weighted by molar-refractivity contribution is -0.384. The van der Waals surface area contributed by atoms with E-state index in [9.17, 15) is 19.7 Å². The second kappa shape index (κ2) is 11.2. The summed E-state index contributed by atoms with van der Waals surface area (Å²) in [5, 5.41) is 13.2. The van der Waals surface area contributed by atoms with Gasteiger partial charge in [0, 0.05) is 18.2 Å². The number of thiazole rings is 1. The number of non-ortho nitro benzene ring substituents is 1. The predicted molar refractivity (Wildman–Crippen MR) is 162 cm³/mol. The molecule has 0 saturated heterocycles. The van der Waals surface area contributed by atoms with Gasteiger partial charge in [0.25, 0.3) is 11.2 Å². The maximum atomic E-state index is 14.0. The van der Waals surface area contributed by atoms with Crippen LogP contribution in [-0.4, -0.2) is 29.2 Å². The third-order valence-corrected chi connectivity index (χ3v) is 8.18. The van der Waals surface area contributed by atoms with Crippen LogP contribution in [0.3, 0.4) is 0 Å². The van der Waals surface area contributed by atoms with Gasteiger partial charge >= 0.3 is 5.97 Å². The van der Waals surface area contributed by atoms with Gasteiger partial charge in [-0.3, -0.25) is 19.5 Å². The fourth-order valence-electron chi connectivity index (χ4n) is 5.28. The van der Waals surface area contributed by atoms with E-state index in [-0.39, 0.29) is 17.9 Å². The fourth-order valence-corrected chi connectivity index (χ4v) is 6.31. The molecule has 1 atom stereocenters. The van der Waals surface area contributed by atoms with Crippen LogP contribution in [0, 0.1) is 10.1 Å². The summed E-state index contributed by atoms with van der Waals surface area (Å²) in [6, 6.07) is 20.4. The van der Waals surface area contributed by atoms with Crippen molar-refractivity contribution in [2.24, 2.45) is 4.99 Å². The van der Waals surface area contributed by atoms with Crippen LogP contribution >= 0.6 is 11.3 Å². The van der Waals surface area contributed by atoms with E-state index in [1.165, 1.54) is 41.2 Å². The zero-order valence-electron chi connectivity index (χ0n) is 23.4. The molecule has 0 aliphatic carbocycles. The Balaban J connectivity index is 1.51. The number of carbonyl (C=O) groups excluding carboxylic acids is 1. The molecule has 6 rings (SSSR count). The minimum atomic E-state index is -0.759. The number of fused-ring (bicyclic) bond motifs is 2. The van der Waals surface area contributed by atoms with Gasteiger partial charge in [0.15, 0.2) is 4.80 Å². The lowest BCUT2D eigenvalue weighted by Gasteiger charge is -2.25. The molecule has 3 aromatic carbocycles.